The number of thioether (sulfide) groups is 1. The lowest BCUT2D eigenvalue weighted by Crippen LogP contribution is -2.05. The molecule has 0 radical (unpaired) electrons. The van der Waals surface area contributed by atoms with Crippen molar-refractivity contribution in [2.45, 2.75) is 31.1 Å². The number of carbonyl (C=O) groups is 1. The normalized spacial score (nSPS) is 10.9. The molecule has 0 aliphatic heterocycles. The van der Waals surface area contributed by atoms with E-state index in [1.807, 2.05) is 24.3 Å². The van der Waals surface area contributed by atoms with Gasteiger partial charge >= 0.3 is 0 Å². The van der Waals surface area contributed by atoms with Gasteiger partial charge < -0.3 is 0 Å². The van der Waals surface area contributed by atoms with E-state index in [0.29, 0.717) is 18.1 Å². The minimum Gasteiger partial charge on any atom is -0.298 e. The Bertz CT molecular complexity index is 605. The highest BCUT2D eigenvalue weighted by Gasteiger charge is 2.06. The Hall–Kier alpha value is -1.06. The molecule has 0 heterocycles. The van der Waals surface area contributed by atoms with Crippen molar-refractivity contribution in [1.82, 2.24) is 0 Å². The average Bonchev–Trinajstić information content (AvgIpc) is 2.46. The molecule has 110 valence electrons. The quantitative estimate of drug-likeness (QED) is 0.633. The molecule has 0 N–H and O–H groups in total. The zero-order chi connectivity index (χ0) is 15.2. The summed E-state index contributed by atoms with van der Waals surface area (Å²) in [4.78, 5) is 13.2. The summed E-state index contributed by atoms with van der Waals surface area (Å²) < 4.78 is 1.05. The van der Waals surface area contributed by atoms with Crippen molar-refractivity contribution in [3.8, 4) is 0 Å². The fraction of sp³-hybridized carbons (Fsp3) is 0.278. The molecule has 1 nitrogen and oxygen atoms in total. The summed E-state index contributed by atoms with van der Waals surface area (Å²) in [7, 11) is 0. The van der Waals surface area contributed by atoms with Crippen LogP contribution in [0, 0.1) is 0 Å². The number of carbonyl (C=O) groups excluding carboxylic acids is 1. The fourth-order valence-electron chi connectivity index (χ4n) is 2.02. The van der Waals surface area contributed by atoms with Gasteiger partial charge in [-0.05, 0) is 35.2 Å². The second-order valence-electron chi connectivity index (χ2n) is 5.36. The van der Waals surface area contributed by atoms with E-state index in [0.717, 1.165) is 14.9 Å². The van der Waals surface area contributed by atoms with E-state index in [1.165, 1.54) is 5.56 Å². The summed E-state index contributed by atoms with van der Waals surface area (Å²) in [6, 6.07) is 16.4. The van der Waals surface area contributed by atoms with Gasteiger partial charge in [-0.15, -0.1) is 11.8 Å². The second-order valence-corrected chi connectivity index (χ2v) is 7.32. The zero-order valence-electron chi connectivity index (χ0n) is 12.3. The van der Waals surface area contributed by atoms with Crippen LogP contribution in [0.25, 0.3) is 0 Å². The van der Waals surface area contributed by atoms with Gasteiger partial charge in [-0.1, -0.05) is 60.1 Å². The highest BCUT2D eigenvalue weighted by atomic mass is 79.9. The summed E-state index contributed by atoms with van der Waals surface area (Å²) >= 11 is 5.03. The van der Waals surface area contributed by atoms with E-state index in [9.17, 15) is 4.79 Å². The third kappa shape index (κ3) is 5.33. The topological polar surface area (TPSA) is 17.1 Å². The van der Waals surface area contributed by atoms with Gasteiger partial charge in [0.15, 0.2) is 0 Å². The first-order valence-corrected chi connectivity index (χ1v) is 8.81. The summed E-state index contributed by atoms with van der Waals surface area (Å²) in [5.74, 6) is 1.31. The molecule has 0 aliphatic rings. The molecular weight excluding hydrogens is 344 g/mol. The highest BCUT2D eigenvalue weighted by molar-refractivity contribution is 9.10. The summed E-state index contributed by atoms with van der Waals surface area (Å²) in [6.45, 7) is 4.35. The zero-order valence-corrected chi connectivity index (χ0v) is 14.7. The molecule has 21 heavy (non-hydrogen) atoms. The van der Waals surface area contributed by atoms with Gasteiger partial charge in [0.05, 0.1) is 5.75 Å². The van der Waals surface area contributed by atoms with E-state index in [2.05, 4.69) is 54.0 Å². The molecule has 0 bridgehead atoms. The van der Waals surface area contributed by atoms with E-state index in [1.54, 1.807) is 11.8 Å². The maximum atomic E-state index is 12.1. The van der Waals surface area contributed by atoms with Crippen LogP contribution < -0.4 is 0 Å². The molecule has 0 aromatic heterocycles. The van der Waals surface area contributed by atoms with Crippen LogP contribution >= 0.6 is 27.7 Å². The molecule has 2 aromatic rings. The van der Waals surface area contributed by atoms with Crippen LogP contribution in [0.2, 0.25) is 0 Å². The maximum absolute atomic E-state index is 12.1. The van der Waals surface area contributed by atoms with Gasteiger partial charge in [-0.3, -0.25) is 4.79 Å². The molecule has 0 spiro atoms. The van der Waals surface area contributed by atoms with Crippen molar-refractivity contribution in [2.75, 3.05) is 5.75 Å². The van der Waals surface area contributed by atoms with Crippen molar-refractivity contribution < 1.29 is 4.79 Å². The standard InChI is InChI=1S/C18H19BrOS/c1-13(2)15-8-6-14(7-9-15)10-17(20)12-21-18-5-3-4-16(19)11-18/h3-9,11,13H,10,12H2,1-2H3. The maximum Gasteiger partial charge on any atom is 0.147 e. The fourth-order valence-corrected chi connectivity index (χ4v) is 3.39. The van der Waals surface area contributed by atoms with Crippen LogP contribution in [0.5, 0.6) is 0 Å². The summed E-state index contributed by atoms with van der Waals surface area (Å²) in [6.07, 6.45) is 0.513. The van der Waals surface area contributed by atoms with Crippen molar-refractivity contribution in [3.05, 3.63) is 64.1 Å². The van der Waals surface area contributed by atoms with Crippen LogP contribution in [0.1, 0.15) is 30.9 Å². The van der Waals surface area contributed by atoms with Gasteiger partial charge in [-0.25, -0.2) is 0 Å². The number of halogens is 1. The van der Waals surface area contributed by atoms with Gasteiger partial charge in [0, 0.05) is 15.8 Å². The Morgan fingerprint density at radius 3 is 2.48 bits per heavy atom. The van der Waals surface area contributed by atoms with Crippen LogP contribution in [0.4, 0.5) is 0 Å². The molecule has 0 atom stereocenters. The number of ketones is 1. The van der Waals surface area contributed by atoms with Crippen molar-refractivity contribution in [3.63, 3.8) is 0 Å². The first kappa shape index (κ1) is 16.3. The molecule has 3 heteroatoms. The summed E-state index contributed by atoms with van der Waals surface area (Å²) in [5.41, 5.74) is 2.41. The Morgan fingerprint density at radius 2 is 1.86 bits per heavy atom. The predicted molar refractivity (Wildman–Crippen MR) is 94.1 cm³/mol. The lowest BCUT2D eigenvalue weighted by molar-refractivity contribution is -0.116. The van der Waals surface area contributed by atoms with Gasteiger partial charge in [0.25, 0.3) is 0 Å². The average molecular weight is 363 g/mol. The molecule has 0 aliphatic carbocycles. The molecule has 0 saturated carbocycles. The van der Waals surface area contributed by atoms with E-state index in [-0.39, 0.29) is 5.78 Å². The Balaban J connectivity index is 1.87. The molecule has 0 fully saturated rings. The number of hydrogen-bond donors (Lipinski definition) is 0. The Morgan fingerprint density at radius 1 is 1.14 bits per heavy atom. The minimum absolute atomic E-state index is 0.261. The van der Waals surface area contributed by atoms with Crippen LogP contribution in [0.15, 0.2) is 57.9 Å². The van der Waals surface area contributed by atoms with Gasteiger partial charge in [-0.2, -0.15) is 0 Å². The Labute approximate surface area is 139 Å². The van der Waals surface area contributed by atoms with E-state index >= 15 is 0 Å². The first-order valence-electron chi connectivity index (χ1n) is 7.03. The molecule has 0 saturated heterocycles. The Kier molecular flexibility index (Phi) is 6.07. The first-order chi connectivity index (χ1) is 10.0. The van der Waals surface area contributed by atoms with E-state index < -0.39 is 0 Å². The minimum atomic E-state index is 0.261. The number of Topliss-reactive ketones (excluding diaryl/α,β-unsaturated/α-hetero) is 1. The van der Waals surface area contributed by atoms with Crippen molar-refractivity contribution >= 4 is 33.5 Å². The molecular formula is C18H19BrOS. The molecule has 2 rings (SSSR count). The highest BCUT2D eigenvalue weighted by Crippen LogP contribution is 2.22. The van der Waals surface area contributed by atoms with Gasteiger partial charge in [0.2, 0.25) is 0 Å². The lowest BCUT2D eigenvalue weighted by atomic mass is 10.0. The van der Waals surface area contributed by atoms with Gasteiger partial charge in [0.1, 0.15) is 5.78 Å². The van der Waals surface area contributed by atoms with Crippen LogP contribution in [0.3, 0.4) is 0 Å². The number of benzene rings is 2. The molecule has 0 unspecified atom stereocenters. The largest absolute Gasteiger partial charge is 0.298 e. The molecule has 2 aromatic carbocycles. The second kappa shape index (κ2) is 7.81. The lowest BCUT2D eigenvalue weighted by Gasteiger charge is -2.07. The van der Waals surface area contributed by atoms with Crippen molar-refractivity contribution in [1.29, 1.82) is 0 Å². The number of hydrogen-bond acceptors (Lipinski definition) is 2. The predicted octanol–water partition coefficient (Wildman–Crippen LogP) is 5.48. The van der Waals surface area contributed by atoms with Crippen molar-refractivity contribution in [2.24, 2.45) is 0 Å². The SMILES string of the molecule is CC(C)c1ccc(CC(=O)CSc2cccc(Br)c2)cc1. The third-order valence-corrected chi connectivity index (χ3v) is 4.79. The smallest absolute Gasteiger partial charge is 0.147 e. The summed E-state index contributed by atoms with van der Waals surface area (Å²) in [5, 5.41) is 0. The van der Waals surface area contributed by atoms with E-state index in [4.69, 9.17) is 0 Å². The van der Waals surface area contributed by atoms with Crippen LogP contribution in [-0.2, 0) is 11.2 Å². The monoisotopic (exact) mass is 362 g/mol. The van der Waals surface area contributed by atoms with Crippen LogP contribution in [-0.4, -0.2) is 11.5 Å². The third-order valence-electron chi connectivity index (χ3n) is 3.24. The number of rotatable bonds is 6. The molecule has 0 amide bonds.